The summed E-state index contributed by atoms with van der Waals surface area (Å²) in [5, 5.41) is 3.27. The summed E-state index contributed by atoms with van der Waals surface area (Å²) in [5.41, 5.74) is 0.731. The van der Waals surface area contributed by atoms with Crippen LogP contribution in [-0.2, 0) is 14.3 Å². The van der Waals surface area contributed by atoms with E-state index in [0.717, 1.165) is 42.6 Å². The summed E-state index contributed by atoms with van der Waals surface area (Å²) in [6.45, 7) is 2.70. The zero-order valence-corrected chi connectivity index (χ0v) is 17.4. The van der Waals surface area contributed by atoms with Crippen molar-refractivity contribution in [3.8, 4) is 11.5 Å². The van der Waals surface area contributed by atoms with E-state index in [2.05, 4.69) is 5.32 Å². The fraction of sp³-hybridized carbons (Fsp3) is 0.583. The normalized spacial score (nSPS) is 32.1. The van der Waals surface area contributed by atoms with E-state index < -0.39 is 12.1 Å². The molecule has 1 amide bonds. The van der Waals surface area contributed by atoms with Gasteiger partial charge < -0.3 is 19.5 Å². The maximum Gasteiger partial charge on any atom is 0.331 e. The fourth-order valence-electron chi connectivity index (χ4n) is 6.22. The Balaban J connectivity index is 1.16. The van der Waals surface area contributed by atoms with Crippen molar-refractivity contribution in [3.63, 3.8) is 0 Å². The lowest BCUT2D eigenvalue weighted by Gasteiger charge is -2.57. The molecule has 4 saturated carbocycles. The molecule has 5 aliphatic rings. The number of carbonyl (C=O) groups is 2. The lowest BCUT2D eigenvalue weighted by atomic mass is 9.53. The molecular formula is C24H29NO5. The van der Waals surface area contributed by atoms with Crippen LogP contribution in [0.4, 0.5) is 0 Å². The van der Waals surface area contributed by atoms with Gasteiger partial charge in [0.15, 0.2) is 17.6 Å². The average Bonchev–Trinajstić information content (AvgIpc) is 2.70. The predicted octanol–water partition coefficient (Wildman–Crippen LogP) is 3.49. The molecule has 6 rings (SSSR count). The van der Waals surface area contributed by atoms with Crippen molar-refractivity contribution in [1.29, 1.82) is 0 Å². The van der Waals surface area contributed by atoms with Crippen molar-refractivity contribution in [2.75, 3.05) is 13.2 Å². The standard InChI is InChI=1S/C24H29NO5/c1-15(23(27)25-24-12-17-8-18(13-24)10-19(9-17)14-24)30-22(26)5-3-16-2-4-20-21(11-16)29-7-6-28-20/h2-5,11,15,17-19H,6-10,12-14H2,1H3,(H,25,27)/b5-3+/t15-,17?,18?,19?,24?/m1/s1. The number of hydrogen-bond acceptors (Lipinski definition) is 5. The molecular weight excluding hydrogens is 382 g/mol. The lowest BCUT2D eigenvalue weighted by molar-refractivity contribution is -0.152. The highest BCUT2D eigenvalue weighted by Crippen LogP contribution is 2.55. The molecule has 4 aliphatic carbocycles. The van der Waals surface area contributed by atoms with Gasteiger partial charge in [-0.3, -0.25) is 4.79 Å². The Morgan fingerprint density at radius 1 is 1.07 bits per heavy atom. The minimum absolute atomic E-state index is 0.0759. The molecule has 0 unspecified atom stereocenters. The third-order valence-corrected chi connectivity index (χ3v) is 7.07. The summed E-state index contributed by atoms with van der Waals surface area (Å²) < 4.78 is 16.4. The summed E-state index contributed by atoms with van der Waals surface area (Å²) in [4.78, 5) is 25.0. The van der Waals surface area contributed by atoms with E-state index in [-0.39, 0.29) is 11.4 Å². The Bertz CT molecular complexity index is 841. The van der Waals surface area contributed by atoms with Gasteiger partial charge in [-0.25, -0.2) is 4.79 Å². The molecule has 0 radical (unpaired) electrons. The van der Waals surface area contributed by atoms with Crippen molar-refractivity contribution in [2.24, 2.45) is 17.8 Å². The molecule has 6 heteroatoms. The van der Waals surface area contributed by atoms with Gasteiger partial charge in [0.1, 0.15) is 13.2 Å². The smallest absolute Gasteiger partial charge is 0.331 e. The Kier molecular flexibility index (Phi) is 4.95. The second-order valence-corrected chi connectivity index (χ2v) is 9.50. The molecule has 1 atom stereocenters. The van der Waals surface area contributed by atoms with E-state index in [1.807, 2.05) is 18.2 Å². The van der Waals surface area contributed by atoms with E-state index in [9.17, 15) is 9.59 Å². The van der Waals surface area contributed by atoms with Crippen LogP contribution < -0.4 is 14.8 Å². The second-order valence-electron chi connectivity index (χ2n) is 9.50. The summed E-state index contributed by atoms with van der Waals surface area (Å²) in [7, 11) is 0. The van der Waals surface area contributed by atoms with Gasteiger partial charge >= 0.3 is 5.97 Å². The Morgan fingerprint density at radius 3 is 2.37 bits per heavy atom. The van der Waals surface area contributed by atoms with Crippen LogP contribution in [0.3, 0.4) is 0 Å². The first-order valence-corrected chi connectivity index (χ1v) is 11.1. The van der Waals surface area contributed by atoms with Crippen LogP contribution in [0.15, 0.2) is 24.3 Å². The molecule has 6 nitrogen and oxygen atoms in total. The molecule has 1 heterocycles. The Morgan fingerprint density at radius 2 is 1.70 bits per heavy atom. The van der Waals surface area contributed by atoms with E-state index in [1.165, 1.54) is 25.3 Å². The van der Waals surface area contributed by atoms with Crippen molar-refractivity contribution < 1.29 is 23.8 Å². The van der Waals surface area contributed by atoms with E-state index in [4.69, 9.17) is 14.2 Å². The molecule has 1 aromatic rings. The van der Waals surface area contributed by atoms with Gasteiger partial charge in [-0.05, 0) is 87.0 Å². The number of esters is 1. The average molecular weight is 411 g/mol. The topological polar surface area (TPSA) is 73.9 Å². The molecule has 160 valence electrons. The number of amides is 1. The summed E-state index contributed by atoms with van der Waals surface area (Å²) in [5.74, 6) is 2.92. The highest BCUT2D eigenvalue weighted by molar-refractivity contribution is 5.90. The Labute approximate surface area is 177 Å². The molecule has 0 aromatic heterocycles. The number of carbonyl (C=O) groups excluding carboxylic acids is 2. The third-order valence-electron chi connectivity index (χ3n) is 7.07. The van der Waals surface area contributed by atoms with Crippen LogP contribution >= 0.6 is 0 Å². The van der Waals surface area contributed by atoms with Gasteiger partial charge in [-0.15, -0.1) is 0 Å². The van der Waals surface area contributed by atoms with Crippen molar-refractivity contribution >= 4 is 18.0 Å². The highest BCUT2D eigenvalue weighted by Gasteiger charge is 2.51. The Hall–Kier alpha value is -2.50. The molecule has 1 aliphatic heterocycles. The monoisotopic (exact) mass is 411 g/mol. The van der Waals surface area contributed by atoms with Crippen LogP contribution in [0.5, 0.6) is 11.5 Å². The third kappa shape index (κ3) is 3.92. The van der Waals surface area contributed by atoms with Gasteiger partial charge in [0.05, 0.1) is 0 Å². The van der Waals surface area contributed by atoms with Crippen molar-refractivity contribution in [1.82, 2.24) is 5.32 Å². The molecule has 0 spiro atoms. The first-order valence-electron chi connectivity index (χ1n) is 11.1. The first-order chi connectivity index (χ1) is 14.5. The van der Waals surface area contributed by atoms with Crippen molar-refractivity contribution in [2.45, 2.75) is 57.1 Å². The fourth-order valence-corrected chi connectivity index (χ4v) is 6.22. The molecule has 4 fully saturated rings. The van der Waals surface area contributed by atoms with Gasteiger partial charge in [0, 0.05) is 11.6 Å². The summed E-state index contributed by atoms with van der Waals surface area (Å²) >= 11 is 0. The summed E-state index contributed by atoms with van der Waals surface area (Å²) in [6.07, 6.45) is 9.40. The molecule has 0 saturated heterocycles. The zero-order chi connectivity index (χ0) is 20.7. The number of nitrogens with one attached hydrogen (secondary N) is 1. The van der Waals surface area contributed by atoms with Crippen LogP contribution in [-0.4, -0.2) is 36.7 Å². The predicted molar refractivity (Wildman–Crippen MR) is 111 cm³/mol. The van der Waals surface area contributed by atoms with Gasteiger partial charge in [-0.2, -0.15) is 0 Å². The molecule has 4 bridgehead atoms. The second kappa shape index (κ2) is 7.64. The number of fused-ring (bicyclic) bond motifs is 1. The quantitative estimate of drug-likeness (QED) is 0.593. The van der Waals surface area contributed by atoms with Gasteiger partial charge in [-0.1, -0.05) is 6.07 Å². The molecule has 1 aromatic carbocycles. The summed E-state index contributed by atoms with van der Waals surface area (Å²) in [6, 6.07) is 5.49. The number of ether oxygens (including phenoxy) is 3. The van der Waals surface area contributed by atoms with Crippen molar-refractivity contribution in [3.05, 3.63) is 29.8 Å². The minimum atomic E-state index is -0.810. The van der Waals surface area contributed by atoms with Gasteiger partial charge in [0.25, 0.3) is 5.91 Å². The maximum atomic E-state index is 12.8. The zero-order valence-electron chi connectivity index (χ0n) is 17.4. The van der Waals surface area contributed by atoms with Gasteiger partial charge in [0.2, 0.25) is 0 Å². The lowest BCUT2D eigenvalue weighted by Crippen LogP contribution is -2.61. The SMILES string of the molecule is C[C@@H](OC(=O)/C=C/c1ccc2c(c1)OCCO2)C(=O)NC12CC3CC(CC(C3)C1)C2. The maximum absolute atomic E-state index is 12.8. The van der Waals surface area contributed by atoms with Crippen LogP contribution in [0.1, 0.15) is 51.0 Å². The largest absolute Gasteiger partial charge is 0.486 e. The highest BCUT2D eigenvalue weighted by atomic mass is 16.6. The number of hydrogen-bond donors (Lipinski definition) is 1. The first kappa shape index (κ1) is 19.5. The van der Waals surface area contributed by atoms with Crippen LogP contribution in [0.2, 0.25) is 0 Å². The number of rotatable bonds is 5. The molecule has 1 N–H and O–H groups in total. The number of benzene rings is 1. The van der Waals surface area contributed by atoms with E-state index in [0.29, 0.717) is 24.7 Å². The van der Waals surface area contributed by atoms with E-state index in [1.54, 1.807) is 13.0 Å². The van der Waals surface area contributed by atoms with E-state index >= 15 is 0 Å². The molecule has 30 heavy (non-hydrogen) atoms. The minimum Gasteiger partial charge on any atom is -0.486 e. The van der Waals surface area contributed by atoms with Crippen LogP contribution in [0.25, 0.3) is 6.08 Å². The van der Waals surface area contributed by atoms with Crippen LogP contribution in [0, 0.1) is 17.8 Å².